The average Bonchev–Trinajstić information content (AvgIpc) is 2.53. The quantitative estimate of drug-likeness (QED) is 0.872. The van der Waals surface area contributed by atoms with Gasteiger partial charge >= 0.3 is 0 Å². The van der Waals surface area contributed by atoms with Gasteiger partial charge < -0.3 is 14.6 Å². The minimum Gasteiger partial charge on any atom is -0.506 e. The van der Waals surface area contributed by atoms with Crippen molar-refractivity contribution in [2.45, 2.75) is 0 Å². The van der Waals surface area contributed by atoms with Crippen molar-refractivity contribution in [2.24, 2.45) is 0 Å². The molecule has 4 heteroatoms. The molecular weight excluding hydrogens is 266 g/mol. The van der Waals surface area contributed by atoms with Gasteiger partial charge in [0.2, 0.25) is 0 Å². The topological polar surface area (TPSA) is 62.5 Å². The Balaban J connectivity index is 2.36. The standard InChI is InChI=1S/C17H15NO3/c1-20-15-9-8-12(16(10-15)21-2)6-7-13-4-3-5-14(11-18)17(13)19/h3-10,19H,1-2H3/b7-6+. The summed E-state index contributed by atoms with van der Waals surface area (Å²) in [7, 11) is 3.18. The molecule has 0 aliphatic rings. The van der Waals surface area contributed by atoms with E-state index in [9.17, 15) is 5.11 Å². The van der Waals surface area contributed by atoms with Crippen molar-refractivity contribution >= 4 is 12.2 Å². The molecule has 0 aliphatic carbocycles. The van der Waals surface area contributed by atoms with Crippen LogP contribution in [0.15, 0.2) is 36.4 Å². The zero-order chi connectivity index (χ0) is 15.2. The van der Waals surface area contributed by atoms with Gasteiger partial charge in [-0.15, -0.1) is 0 Å². The zero-order valence-electron chi connectivity index (χ0n) is 11.8. The van der Waals surface area contributed by atoms with Gasteiger partial charge in [-0.25, -0.2) is 0 Å². The SMILES string of the molecule is COc1ccc(/C=C/c2cccc(C#N)c2O)c(OC)c1. The largest absolute Gasteiger partial charge is 0.506 e. The average molecular weight is 281 g/mol. The third-order valence-electron chi connectivity index (χ3n) is 3.07. The first-order valence-corrected chi connectivity index (χ1v) is 6.31. The summed E-state index contributed by atoms with van der Waals surface area (Å²) in [6.45, 7) is 0. The molecule has 0 spiro atoms. The number of rotatable bonds is 4. The number of methoxy groups -OCH3 is 2. The molecule has 0 unspecified atom stereocenters. The molecule has 0 bridgehead atoms. The number of benzene rings is 2. The second-order valence-corrected chi connectivity index (χ2v) is 4.30. The summed E-state index contributed by atoms with van der Waals surface area (Å²) in [6.07, 6.45) is 3.55. The number of phenolic OH excluding ortho intramolecular Hbond substituents is 1. The lowest BCUT2D eigenvalue weighted by Gasteiger charge is -2.07. The summed E-state index contributed by atoms with van der Waals surface area (Å²) < 4.78 is 10.4. The van der Waals surface area contributed by atoms with E-state index in [0.717, 1.165) is 5.56 Å². The van der Waals surface area contributed by atoms with Gasteiger partial charge in [0.15, 0.2) is 0 Å². The van der Waals surface area contributed by atoms with Crippen LogP contribution in [0.1, 0.15) is 16.7 Å². The summed E-state index contributed by atoms with van der Waals surface area (Å²) >= 11 is 0. The molecule has 0 saturated heterocycles. The van der Waals surface area contributed by atoms with Crippen LogP contribution >= 0.6 is 0 Å². The fourth-order valence-electron chi connectivity index (χ4n) is 1.92. The number of aromatic hydroxyl groups is 1. The highest BCUT2D eigenvalue weighted by Crippen LogP contribution is 2.28. The van der Waals surface area contributed by atoms with E-state index in [1.54, 1.807) is 44.6 Å². The summed E-state index contributed by atoms with van der Waals surface area (Å²) in [4.78, 5) is 0. The van der Waals surface area contributed by atoms with Gasteiger partial charge in [-0.2, -0.15) is 5.26 Å². The van der Waals surface area contributed by atoms with Crippen molar-refractivity contribution in [3.05, 3.63) is 53.1 Å². The third-order valence-corrected chi connectivity index (χ3v) is 3.07. The molecule has 1 N–H and O–H groups in total. The van der Waals surface area contributed by atoms with Gasteiger partial charge in [0.25, 0.3) is 0 Å². The van der Waals surface area contributed by atoms with Gasteiger partial charge in [0.05, 0.1) is 19.8 Å². The fraction of sp³-hybridized carbons (Fsp3) is 0.118. The van der Waals surface area contributed by atoms with Crippen LogP contribution in [-0.4, -0.2) is 19.3 Å². The first kappa shape index (κ1) is 14.5. The molecule has 0 aromatic heterocycles. The van der Waals surface area contributed by atoms with E-state index in [1.165, 1.54) is 0 Å². The highest BCUT2D eigenvalue weighted by molar-refractivity contribution is 5.76. The van der Waals surface area contributed by atoms with E-state index in [2.05, 4.69) is 0 Å². The first-order chi connectivity index (χ1) is 10.2. The Labute approximate surface area is 123 Å². The van der Waals surface area contributed by atoms with Gasteiger partial charge in [0.1, 0.15) is 23.3 Å². The Hall–Kier alpha value is -2.93. The Morgan fingerprint density at radius 3 is 2.48 bits per heavy atom. The molecule has 0 atom stereocenters. The highest BCUT2D eigenvalue weighted by atomic mass is 16.5. The smallest absolute Gasteiger partial charge is 0.140 e. The van der Waals surface area contributed by atoms with E-state index in [4.69, 9.17) is 14.7 Å². The molecule has 0 amide bonds. The van der Waals surface area contributed by atoms with Crippen LogP contribution in [0, 0.1) is 11.3 Å². The van der Waals surface area contributed by atoms with Crippen molar-refractivity contribution in [2.75, 3.05) is 14.2 Å². The number of hydrogen-bond acceptors (Lipinski definition) is 4. The molecule has 21 heavy (non-hydrogen) atoms. The maximum atomic E-state index is 9.95. The van der Waals surface area contributed by atoms with Crippen LogP contribution in [0.5, 0.6) is 17.2 Å². The van der Waals surface area contributed by atoms with E-state index in [-0.39, 0.29) is 11.3 Å². The zero-order valence-corrected chi connectivity index (χ0v) is 11.8. The number of nitrogens with zero attached hydrogens (tertiary/aromatic N) is 1. The van der Waals surface area contributed by atoms with Crippen molar-refractivity contribution < 1.29 is 14.6 Å². The summed E-state index contributed by atoms with van der Waals surface area (Å²) in [6, 6.07) is 12.5. The van der Waals surface area contributed by atoms with Crippen molar-refractivity contribution in [1.29, 1.82) is 5.26 Å². The molecule has 106 valence electrons. The number of phenols is 1. The first-order valence-electron chi connectivity index (χ1n) is 6.31. The third kappa shape index (κ3) is 3.15. The minimum atomic E-state index is -0.0243. The lowest BCUT2D eigenvalue weighted by molar-refractivity contribution is 0.394. The molecule has 0 saturated carbocycles. The van der Waals surface area contributed by atoms with Crippen LogP contribution < -0.4 is 9.47 Å². The van der Waals surface area contributed by atoms with Gasteiger partial charge in [-0.1, -0.05) is 24.3 Å². The maximum Gasteiger partial charge on any atom is 0.140 e. The number of nitriles is 1. The van der Waals surface area contributed by atoms with Crippen LogP contribution in [0.3, 0.4) is 0 Å². The van der Waals surface area contributed by atoms with Crippen LogP contribution in [0.4, 0.5) is 0 Å². The van der Waals surface area contributed by atoms with Crippen LogP contribution in [0.25, 0.3) is 12.2 Å². The molecule has 0 aliphatic heterocycles. The van der Waals surface area contributed by atoms with Gasteiger partial charge in [0, 0.05) is 17.2 Å². The van der Waals surface area contributed by atoms with E-state index in [0.29, 0.717) is 17.1 Å². The Kier molecular flexibility index (Phi) is 4.47. The van der Waals surface area contributed by atoms with E-state index in [1.807, 2.05) is 24.3 Å². The van der Waals surface area contributed by atoms with E-state index >= 15 is 0 Å². The molecule has 4 nitrogen and oxygen atoms in total. The van der Waals surface area contributed by atoms with Crippen molar-refractivity contribution in [3.8, 4) is 23.3 Å². The second kappa shape index (κ2) is 6.49. The Bertz CT molecular complexity index is 714. The second-order valence-electron chi connectivity index (χ2n) is 4.30. The molecular formula is C17H15NO3. The number of hydrogen-bond donors (Lipinski definition) is 1. The summed E-state index contributed by atoms with van der Waals surface area (Å²) in [5.41, 5.74) is 1.67. The van der Waals surface area contributed by atoms with Crippen molar-refractivity contribution in [1.82, 2.24) is 0 Å². The van der Waals surface area contributed by atoms with Crippen molar-refractivity contribution in [3.63, 3.8) is 0 Å². The highest BCUT2D eigenvalue weighted by Gasteiger charge is 2.05. The molecule has 2 aromatic rings. The molecule has 0 heterocycles. The number of ether oxygens (including phenoxy) is 2. The predicted octanol–water partition coefficient (Wildman–Crippen LogP) is 3.45. The summed E-state index contributed by atoms with van der Waals surface area (Å²) in [5.74, 6) is 1.35. The summed E-state index contributed by atoms with van der Waals surface area (Å²) in [5, 5.41) is 18.9. The maximum absolute atomic E-state index is 9.95. The fourth-order valence-corrected chi connectivity index (χ4v) is 1.92. The molecule has 2 rings (SSSR count). The monoisotopic (exact) mass is 281 g/mol. The lowest BCUT2D eigenvalue weighted by atomic mass is 10.1. The van der Waals surface area contributed by atoms with Crippen LogP contribution in [-0.2, 0) is 0 Å². The van der Waals surface area contributed by atoms with Gasteiger partial charge in [-0.3, -0.25) is 0 Å². The predicted molar refractivity (Wildman–Crippen MR) is 81.3 cm³/mol. The minimum absolute atomic E-state index is 0.0243. The Morgan fingerprint density at radius 2 is 1.81 bits per heavy atom. The normalized spacial score (nSPS) is 10.3. The molecule has 0 fully saturated rings. The number of para-hydroxylation sites is 1. The van der Waals surface area contributed by atoms with Gasteiger partial charge in [-0.05, 0) is 18.2 Å². The van der Waals surface area contributed by atoms with E-state index < -0.39 is 0 Å². The molecule has 0 radical (unpaired) electrons. The molecule has 2 aromatic carbocycles. The van der Waals surface area contributed by atoms with Crippen LogP contribution in [0.2, 0.25) is 0 Å². The lowest BCUT2D eigenvalue weighted by Crippen LogP contribution is -1.89. The Morgan fingerprint density at radius 1 is 1.05 bits per heavy atom.